The lowest BCUT2D eigenvalue weighted by molar-refractivity contribution is 0.0621. The number of benzene rings is 1. The molecule has 0 spiro atoms. The van der Waals surface area contributed by atoms with Crippen LogP contribution in [-0.4, -0.2) is 42.7 Å². The van der Waals surface area contributed by atoms with E-state index in [0.717, 1.165) is 25.1 Å². The van der Waals surface area contributed by atoms with Gasteiger partial charge in [0.25, 0.3) is 5.91 Å². The first kappa shape index (κ1) is 14.2. The Kier molecular flexibility index (Phi) is 4.66. The summed E-state index contributed by atoms with van der Waals surface area (Å²) in [6, 6.07) is 5.26. The van der Waals surface area contributed by atoms with E-state index in [1.165, 1.54) is 0 Å². The van der Waals surface area contributed by atoms with Crippen LogP contribution in [0.2, 0.25) is 5.02 Å². The van der Waals surface area contributed by atoms with E-state index in [0.29, 0.717) is 17.1 Å². The molecule has 19 heavy (non-hydrogen) atoms. The van der Waals surface area contributed by atoms with Gasteiger partial charge in [-0.1, -0.05) is 11.6 Å². The average Bonchev–Trinajstić information content (AvgIpc) is 2.46. The molecule has 104 valence electrons. The van der Waals surface area contributed by atoms with Crippen LogP contribution in [0.3, 0.4) is 0 Å². The van der Waals surface area contributed by atoms with Crippen LogP contribution in [0.1, 0.15) is 23.2 Å². The monoisotopic (exact) mass is 282 g/mol. The Labute approximate surface area is 118 Å². The molecular weight excluding hydrogens is 264 g/mol. The second-order valence-electron chi connectivity index (χ2n) is 4.88. The highest BCUT2D eigenvalue weighted by atomic mass is 35.5. The standard InChI is InChI=1S/C14H19ClN2O2/c1-16-13-5-4-11(15)7-12(13)14(19)17-6-2-3-10(8-17)9-18/h4-5,7,10,16,18H,2-3,6,8-9H2,1H3. The van der Waals surface area contributed by atoms with Crippen molar-refractivity contribution in [3.63, 3.8) is 0 Å². The van der Waals surface area contributed by atoms with E-state index in [4.69, 9.17) is 11.6 Å². The van der Waals surface area contributed by atoms with Crippen LogP contribution in [0.5, 0.6) is 0 Å². The molecule has 0 aliphatic carbocycles. The summed E-state index contributed by atoms with van der Waals surface area (Å²) in [5, 5.41) is 12.8. The third kappa shape index (κ3) is 3.19. The van der Waals surface area contributed by atoms with Crippen LogP contribution >= 0.6 is 11.6 Å². The molecule has 1 fully saturated rings. The summed E-state index contributed by atoms with van der Waals surface area (Å²) in [7, 11) is 1.78. The lowest BCUT2D eigenvalue weighted by atomic mass is 9.98. The zero-order valence-electron chi connectivity index (χ0n) is 11.0. The highest BCUT2D eigenvalue weighted by molar-refractivity contribution is 6.31. The normalized spacial score (nSPS) is 19.3. The van der Waals surface area contributed by atoms with E-state index in [9.17, 15) is 9.90 Å². The van der Waals surface area contributed by atoms with Crippen LogP contribution in [-0.2, 0) is 0 Å². The minimum absolute atomic E-state index is 0.0231. The van der Waals surface area contributed by atoms with Crippen molar-refractivity contribution < 1.29 is 9.90 Å². The zero-order valence-corrected chi connectivity index (χ0v) is 11.8. The molecule has 4 nitrogen and oxygen atoms in total. The average molecular weight is 283 g/mol. The summed E-state index contributed by atoms with van der Waals surface area (Å²) in [6.07, 6.45) is 1.92. The molecule has 1 unspecified atom stereocenters. The van der Waals surface area contributed by atoms with E-state index >= 15 is 0 Å². The van der Waals surface area contributed by atoms with Gasteiger partial charge in [-0.25, -0.2) is 0 Å². The SMILES string of the molecule is CNc1ccc(Cl)cc1C(=O)N1CCCC(CO)C1. The summed E-state index contributed by atoms with van der Waals surface area (Å²) >= 11 is 5.97. The number of rotatable bonds is 3. The van der Waals surface area contributed by atoms with Crippen molar-refractivity contribution in [2.45, 2.75) is 12.8 Å². The fourth-order valence-corrected chi connectivity index (χ4v) is 2.65. The Morgan fingerprint density at radius 2 is 2.37 bits per heavy atom. The van der Waals surface area contributed by atoms with Crippen molar-refractivity contribution in [2.75, 3.05) is 32.1 Å². The predicted octanol–water partition coefficient (Wildman–Crippen LogP) is 2.23. The number of anilines is 1. The maximum atomic E-state index is 12.5. The Morgan fingerprint density at radius 3 is 3.05 bits per heavy atom. The molecule has 0 saturated carbocycles. The van der Waals surface area contributed by atoms with Gasteiger partial charge in [0.2, 0.25) is 0 Å². The van der Waals surface area contributed by atoms with Crippen LogP contribution in [0, 0.1) is 5.92 Å². The Hall–Kier alpha value is -1.26. The number of hydrogen-bond acceptors (Lipinski definition) is 3. The van der Waals surface area contributed by atoms with E-state index in [2.05, 4.69) is 5.32 Å². The number of aliphatic hydroxyl groups excluding tert-OH is 1. The molecule has 0 aromatic heterocycles. The number of likely N-dealkylation sites (tertiary alicyclic amines) is 1. The van der Waals surface area contributed by atoms with Crippen molar-refractivity contribution in [3.8, 4) is 0 Å². The molecule has 1 aromatic rings. The number of halogens is 1. The van der Waals surface area contributed by atoms with Crippen LogP contribution in [0.4, 0.5) is 5.69 Å². The lowest BCUT2D eigenvalue weighted by Crippen LogP contribution is -2.41. The summed E-state index contributed by atoms with van der Waals surface area (Å²) in [5.41, 5.74) is 1.37. The fourth-order valence-electron chi connectivity index (χ4n) is 2.48. The predicted molar refractivity (Wildman–Crippen MR) is 76.7 cm³/mol. The van der Waals surface area contributed by atoms with E-state index < -0.39 is 0 Å². The topological polar surface area (TPSA) is 52.6 Å². The highest BCUT2D eigenvalue weighted by Gasteiger charge is 2.25. The quantitative estimate of drug-likeness (QED) is 0.894. The van der Waals surface area contributed by atoms with Crippen molar-refractivity contribution >= 4 is 23.2 Å². The Morgan fingerprint density at radius 1 is 1.58 bits per heavy atom. The Balaban J connectivity index is 2.21. The molecule has 1 atom stereocenters. The van der Waals surface area contributed by atoms with E-state index in [1.807, 2.05) is 6.07 Å². The van der Waals surface area contributed by atoms with Gasteiger partial charge in [-0.05, 0) is 37.0 Å². The smallest absolute Gasteiger partial charge is 0.256 e. The third-order valence-electron chi connectivity index (χ3n) is 3.55. The number of aliphatic hydroxyl groups is 1. The number of piperidine rings is 1. The third-order valence-corrected chi connectivity index (χ3v) is 3.78. The molecular formula is C14H19ClN2O2. The van der Waals surface area contributed by atoms with Gasteiger partial charge in [-0.3, -0.25) is 4.79 Å². The summed E-state index contributed by atoms with van der Waals surface area (Å²) in [6.45, 7) is 1.49. The Bertz CT molecular complexity index is 465. The molecule has 0 radical (unpaired) electrons. The van der Waals surface area contributed by atoms with Gasteiger partial charge in [0, 0.05) is 37.5 Å². The fraction of sp³-hybridized carbons (Fsp3) is 0.500. The summed E-state index contributed by atoms with van der Waals surface area (Å²) in [5.74, 6) is 0.167. The van der Waals surface area contributed by atoms with Crippen LogP contribution < -0.4 is 5.32 Å². The molecule has 1 heterocycles. The number of amides is 1. The summed E-state index contributed by atoms with van der Waals surface area (Å²) in [4.78, 5) is 14.3. The van der Waals surface area contributed by atoms with Gasteiger partial charge in [0.05, 0.1) is 5.56 Å². The number of nitrogens with one attached hydrogen (secondary N) is 1. The minimum Gasteiger partial charge on any atom is -0.396 e. The first-order valence-corrected chi connectivity index (χ1v) is 6.91. The van der Waals surface area contributed by atoms with E-state index in [-0.39, 0.29) is 18.4 Å². The molecule has 1 aliphatic heterocycles. The molecule has 5 heteroatoms. The van der Waals surface area contributed by atoms with Crippen molar-refractivity contribution in [3.05, 3.63) is 28.8 Å². The van der Waals surface area contributed by atoms with Gasteiger partial charge in [-0.2, -0.15) is 0 Å². The number of carbonyl (C=O) groups is 1. The maximum Gasteiger partial charge on any atom is 0.256 e. The summed E-state index contributed by atoms with van der Waals surface area (Å²) < 4.78 is 0. The van der Waals surface area contributed by atoms with Crippen molar-refractivity contribution in [1.29, 1.82) is 0 Å². The van der Waals surface area contributed by atoms with Crippen molar-refractivity contribution in [2.24, 2.45) is 5.92 Å². The van der Waals surface area contributed by atoms with Gasteiger partial charge in [0.1, 0.15) is 0 Å². The second-order valence-corrected chi connectivity index (χ2v) is 5.32. The largest absolute Gasteiger partial charge is 0.396 e. The number of hydrogen-bond donors (Lipinski definition) is 2. The molecule has 2 rings (SSSR count). The molecule has 1 amide bonds. The van der Waals surface area contributed by atoms with Crippen LogP contribution in [0.15, 0.2) is 18.2 Å². The van der Waals surface area contributed by atoms with Crippen LogP contribution in [0.25, 0.3) is 0 Å². The van der Waals surface area contributed by atoms with Gasteiger partial charge in [0.15, 0.2) is 0 Å². The first-order valence-electron chi connectivity index (χ1n) is 6.53. The molecule has 0 bridgehead atoms. The van der Waals surface area contributed by atoms with Gasteiger partial charge >= 0.3 is 0 Å². The molecule has 2 N–H and O–H groups in total. The zero-order chi connectivity index (χ0) is 13.8. The highest BCUT2D eigenvalue weighted by Crippen LogP contribution is 2.24. The molecule has 1 saturated heterocycles. The molecule has 1 aliphatic rings. The minimum atomic E-state index is -0.0231. The van der Waals surface area contributed by atoms with Gasteiger partial charge in [-0.15, -0.1) is 0 Å². The van der Waals surface area contributed by atoms with Gasteiger partial charge < -0.3 is 15.3 Å². The second kappa shape index (κ2) is 6.26. The number of nitrogens with zero attached hydrogens (tertiary/aromatic N) is 1. The van der Waals surface area contributed by atoms with E-state index in [1.54, 1.807) is 24.1 Å². The lowest BCUT2D eigenvalue weighted by Gasteiger charge is -2.32. The van der Waals surface area contributed by atoms with Crippen molar-refractivity contribution in [1.82, 2.24) is 4.90 Å². The number of carbonyl (C=O) groups excluding carboxylic acids is 1. The molecule has 1 aromatic carbocycles. The first-order chi connectivity index (χ1) is 9.15. The maximum absolute atomic E-state index is 12.5.